The molecule has 4 aromatic rings. The maximum Gasteiger partial charge on any atom is 0.338 e. The molecular weight excluding hydrogens is 370 g/mol. The average molecular weight is 384 g/mol. The zero-order chi connectivity index (χ0) is 18.8. The van der Waals surface area contributed by atoms with E-state index in [0.717, 1.165) is 11.1 Å². The van der Waals surface area contributed by atoms with E-state index in [1.807, 2.05) is 6.92 Å². The number of hydrogen-bond donors (Lipinski definition) is 0. The van der Waals surface area contributed by atoms with Crippen molar-refractivity contribution < 1.29 is 13.9 Å². The Kier molecular flexibility index (Phi) is 4.55. The van der Waals surface area contributed by atoms with Crippen LogP contribution in [-0.2, 0) is 17.9 Å². The molecule has 136 valence electrons. The van der Waals surface area contributed by atoms with Gasteiger partial charge in [-0.15, -0.1) is 15.3 Å². The molecule has 0 aliphatic heterocycles. The Morgan fingerprint density at radius 3 is 2.74 bits per heavy atom. The van der Waals surface area contributed by atoms with Gasteiger partial charge >= 0.3 is 5.97 Å². The summed E-state index contributed by atoms with van der Waals surface area (Å²) in [7, 11) is 0. The summed E-state index contributed by atoms with van der Waals surface area (Å²) in [6.07, 6.45) is 0. The first kappa shape index (κ1) is 17.2. The standard InChI is InChI=1S/C18H14ClN5O3/c1-2-24-15-8-5-12(9-14(15)20-23-24)18(25)26-10-16-21-22-17(27-16)11-3-6-13(19)7-4-11/h3-9H,2,10H2,1H3. The second kappa shape index (κ2) is 7.16. The number of carbonyl (C=O) groups is 1. The van der Waals surface area contributed by atoms with Gasteiger partial charge in [0.1, 0.15) is 5.52 Å². The lowest BCUT2D eigenvalue weighted by Gasteiger charge is -2.02. The van der Waals surface area contributed by atoms with Crippen molar-refractivity contribution in [3.63, 3.8) is 0 Å². The number of aromatic nitrogens is 5. The van der Waals surface area contributed by atoms with Crippen LogP contribution < -0.4 is 0 Å². The van der Waals surface area contributed by atoms with Gasteiger partial charge in [0.25, 0.3) is 5.89 Å². The zero-order valence-electron chi connectivity index (χ0n) is 14.3. The van der Waals surface area contributed by atoms with Crippen molar-refractivity contribution in [1.29, 1.82) is 0 Å². The van der Waals surface area contributed by atoms with Gasteiger partial charge in [0, 0.05) is 17.1 Å². The number of halogens is 1. The SMILES string of the molecule is CCn1nnc2cc(C(=O)OCc3nnc(-c4ccc(Cl)cc4)o3)ccc21. The Hall–Kier alpha value is -3.26. The molecule has 4 rings (SSSR count). The molecule has 0 aliphatic rings. The van der Waals surface area contributed by atoms with E-state index in [-0.39, 0.29) is 12.5 Å². The van der Waals surface area contributed by atoms with Crippen molar-refractivity contribution in [2.24, 2.45) is 0 Å². The molecule has 0 spiro atoms. The van der Waals surface area contributed by atoms with Crippen LogP contribution in [0, 0.1) is 0 Å². The van der Waals surface area contributed by atoms with Crippen LogP contribution in [0.3, 0.4) is 0 Å². The van der Waals surface area contributed by atoms with Crippen LogP contribution in [0.4, 0.5) is 0 Å². The summed E-state index contributed by atoms with van der Waals surface area (Å²) < 4.78 is 12.5. The molecule has 0 N–H and O–H groups in total. The number of hydrogen-bond acceptors (Lipinski definition) is 7. The van der Waals surface area contributed by atoms with Crippen molar-refractivity contribution in [2.75, 3.05) is 0 Å². The highest BCUT2D eigenvalue weighted by Gasteiger charge is 2.14. The van der Waals surface area contributed by atoms with Gasteiger partial charge in [-0.2, -0.15) is 0 Å². The molecule has 0 fully saturated rings. The van der Waals surface area contributed by atoms with Gasteiger partial charge in [0.05, 0.1) is 11.1 Å². The van der Waals surface area contributed by atoms with Crippen molar-refractivity contribution in [3.05, 3.63) is 58.9 Å². The number of benzene rings is 2. The fourth-order valence-electron chi connectivity index (χ4n) is 2.56. The maximum absolute atomic E-state index is 12.3. The third kappa shape index (κ3) is 3.52. The Morgan fingerprint density at radius 2 is 1.96 bits per heavy atom. The first-order valence-electron chi connectivity index (χ1n) is 8.22. The van der Waals surface area contributed by atoms with Gasteiger partial charge in [-0.05, 0) is 49.4 Å². The van der Waals surface area contributed by atoms with E-state index in [1.54, 1.807) is 47.1 Å². The second-order valence-electron chi connectivity index (χ2n) is 5.69. The maximum atomic E-state index is 12.3. The fraction of sp³-hybridized carbons (Fsp3) is 0.167. The van der Waals surface area contributed by atoms with Crippen LogP contribution in [-0.4, -0.2) is 31.2 Å². The van der Waals surface area contributed by atoms with E-state index in [2.05, 4.69) is 20.5 Å². The highest BCUT2D eigenvalue weighted by Crippen LogP contribution is 2.21. The Morgan fingerprint density at radius 1 is 1.15 bits per heavy atom. The number of fused-ring (bicyclic) bond motifs is 1. The van der Waals surface area contributed by atoms with Crippen molar-refractivity contribution in [2.45, 2.75) is 20.1 Å². The van der Waals surface area contributed by atoms with E-state index in [0.29, 0.717) is 28.5 Å². The van der Waals surface area contributed by atoms with Crippen LogP contribution in [0.2, 0.25) is 5.02 Å². The van der Waals surface area contributed by atoms with Gasteiger partial charge in [-0.1, -0.05) is 16.8 Å². The summed E-state index contributed by atoms with van der Waals surface area (Å²) in [6, 6.07) is 12.1. The van der Waals surface area contributed by atoms with Gasteiger partial charge in [-0.3, -0.25) is 0 Å². The summed E-state index contributed by atoms with van der Waals surface area (Å²) in [6.45, 7) is 2.55. The first-order valence-corrected chi connectivity index (χ1v) is 8.60. The molecule has 27 heavy (non-hydrogen) atoms. The molecule has 8 nitrogen and oxygen atoms in total. The molecule has 2 heterocycles. The van der Waals surface area contributed by atoms with E-state index >= 15 is 0 Å². The van der Waals surface area contributed by atoms with Gasteiger partial charge < -0.3 is 9.15 Å². The third-order valence-corrected chi connectivity index (χ3v) is 4.19. The summed E-state index contributed by atoms with van der Waals surface area (Å²) >= 11 is 5.86. The minimum absolute atomic E-state index is 0.126. The highest BCUT2D eigenvalue weighted by atomic mass is 35.5. The molecule has 0 aliphatic carbocycles. The lowest BCUT2D eigenvalue weighted by atomic mass is 10.2. The summed E-state index contributed by atoms with van der Waals surface area (Å²) in [4.78, 5) is 12.3. The molecule has 0 radical (unpaired) electrons. The molecule has 2 aromatic carbocycles. The van der Waals surface area contributed by atoms with Crippen LogP contribution in [0.25, 0.3) is 22.5 Å². The van der Waals surface area contributed by atoms with E-state index in [4.69, 9.17) is 20.8 Å². The van der Waals surface area contributed by atoms with Crippen molar-refractivity contribution in [1.82, 2.24) is 25.2 Å². The number of rotatable bonds is 5. The monoisotopic (exact) mass is 383 g/mol. The predicted octanol–water partition coefficient (Wildman–Crippen LogP) is 3.51. The van der Waals surface area contributed by atoms with Gasteiger partial charge in [0.15, 0.2) is 6.61 Å². The number of ether oxygens (including phenoxy) is 1. The van der Waals surface area contributed by atoms with Crippen LogP contribution >= 0.6 is 11.6 Å². The lowest BCUT2D eigenvalue weighted by molar-refractivity contribution is 0.0439. The third-order valence-electron chi connectivity index (χ3n) is 3.93. The molecule has 0 saturated carbocycles. The van der Waals surface area contributed by atoms with E-state index in [9.17, 15) is 4.79 Å². The molecular formula is C18H14ClN5O3. The van der Waals surface area contributed by atoms with Gasteiger partial charge in [0.2, 0.25) is 5.89 Å². The Balaban J connectivity index is 1.44. The van der Waals surface area contributed by atoms with Crippen molar-refractivity contribution >= 4 is 28.6 Å². The van der Waals surface area contributed by atoms with E-state index in [1.165, 1.54) is 0 Å². The Labute approximate surface area is 158 Å². The number of esters is 1. The summed E-state index contributed by atoms with van der Waals surface area (Å²) in [5, 5.41) is 16.5. The van der Waals surface area contributed by atoms with Crippen LogP contribution in [0.1, 0.15) is 23.2 Å². The largest absolute Gasteiger partial charge is 0.452 e. The fourth-order valence-corrected chi connectivity index (χ4v) is 2.69. The quantitative estimate of drug-likeness (QED) is 0.486. The predicted molar refractivity (Wildman–Crippen MR) is 97.1 cm³/mol. The lowest BCUT2D eigenvalue weighted by Crippen LogP contribution is -2.05. The second-order valence-corrected chi connectivity index (χ2v) is 6.13. The van der Waals surface area contributed by atoms with Crippen LogP contribution in [0.15, 0.2) is 46.9 Å². The highest BCUT2D eigenvalue weighted by molar-refractivity contribution is 6.30. The number of carbonyl (C=O) groups excluding carboxylic acids is 1. The topological polar surface area (TPSA) is 95.9 Å². The van der Waals surface area contributed by atoms with Gasteiger partial charge in [-0.25, -0.2) is 9.48 Å². The molecule has 2 aromatic heterocycles. The smallest absolute Gasteiger partial charge is 0.338 e. The number of aryl methyl sites for hydroxylation is 1. The minimum atomic E-state index is -0.505. The molecule has 0 unspecified atom stereocenters. The minimum Gasteiger partial charge on any atom is -0.452 e. The molecule has 0 atom stereocenters. The van der Waals surface area contributed by atoms with Crippen molar-refractivity contribution in [3.8, 4) is 11.5 Å². The summed E-state index contributed by atoms with van der Waals surface area (Å²) in [5.41, 5.74) is 2.60. The first-order chi connectivity index (χ1) is 13.1. The normalized spacial score (nSPS) is 11.0. The molecule has 0 bridgehead atoms. The molecule has 9 heteroatoms. The zero-order valence-corrected chi connectivity index (χ0v) is 15.1. The molecule has 0 amide bonds. The average Bonchev–Trinajstić information content (AvgIpc) is 3.33. The van der Waals surface area contributed by atoms with Crippen LogP contribution in [0.5, 0.6) is 0 Å². The number of nitrogens with zero attached hydrogens (tertiary/aromatic N) is 5. The van der Waals surface area contributed by atoms with E-state index < -0.39 is 5.97 Å². The molecule has 0 saturated heterocycles. The summed E-state index contributed by atoms with van der Waals surface area (Å²) in [5.74, 6) is 0.0239. The Bertz CT molecular complexity index is 1100.